The lowest BCUT2D eigenvalue weighted by Gasteiger charge is -2.36. The molecule has 2 aliphatic heterocycles. The van der Waals surface area contributed by atoms with Gasteiger partial charge >= 0.3 is 0 Å². The first kappa shape index (κ1) is 16.6. The van der Waals surface area contributed by atoms with Crippen molar-refractivity contribution in [2.75, 3.05) is 25.7 Å². The van der Waals surface area contributed by atoms with Crippen LogP contribution in [0.2, 0.25) is 0 Å². The molecule has 3 rings (SSSR count). The average Bonchev–Trinajstić information content (AvgIpc) is 2.92. The summed E-state index contributed by atoms with van der Waals surface area (Å²) in [7, 11) is 3.10. The van der Waals surface area contributed by atoms with Gasteiger partial charge in [0, 0.05) is 18.7 Å². The molecule has 1 N–H and O–H groups in total. The minimum atomic E-state index is -0.799. The van der Waals surface area contributed by atoms with Gasteiger partial charge in [-0.1, -0.05) is 12.2 Å². The van der Waals surface area contributed by atoms with Crippen molar-refractivity contribution in [3.8, 4) is 11.5 Å². The summed E-state index contributed by atoms with van der Waals surface area (Å²) >= 11 is 0. The van der Waals surface area contributed by atoms with E-state index >= 15 is 0 Å². The quantitative estimate of drug-likeness (QED) is 0.858. The Morgan fingerprint density at radius 2 is 1.88 bits per heavy atom. The van der Waals surface area contributed by atoms with Crippen LogP contribution in [-0.4, -0.2) is 55.0 Å². The lowest BCUT2D eigenvalue weighted by Crippen LogP contribution is -2.50. The molecule has 0 radical (unpaired) electrons. The number of nitrogens with zero attached hydrogens (tertiary/aromatic N) is 2. The molecule has 24 heavy (non-hydrogen) atoms. The van der Waals surface area contributed by atoms with Gasteiger partial charge in [0.05, 0.1) is 31.5 Å². The minimum absolute atomic E-state index is 0.0125. The number of carbonyl (C=O) groups is 1. The van der Waals surface area contributed by atoms with Crippen LogP contribution in [0.1, 0.15) is 30.6 Å². The topological polar surface area (TPSA) is 62.2 Å². The molecule has 130 valence electrons. The van der Waals surface area contributed by atoms with E-state index in [2.05, 4.69) is 6.58 Å². The number of amides is 1. The molecule has 1 aromatic rings. The number of fused-ring (bicyclic) bond motifs is 2. The number of hydrogen-bond acceptors (Lipinski definition) is 5. The number of benzene rings is 1. The van der Waals surface area contributed by atoms with Crippen molar-refractivity contribution in [3.63, 3.8) is 0 Å². The Hall–Kier alpha value is -2.21. The van der Waals surface area contributed by atoms with Gasteiger partial charge < -0.3 is 24.4 Å². The molecule has 0 saturated carbocycles. The molecule has 1 amide bonds. The van der Waals surface area contributed by atoms with Crippen molar-refractivity contribution in [2.24, 2.45) is 0 Å². The van der Waals surface area contributed by atoms with Crippen molar-refractivity contribution < 1.29 is 19.4 Å². The van der Waals surface area contributed by atoms with E-state index in [9.17, 15) is 9.90 Å². The summed E-state index contributed by atoms with van der Waals surface area (Å²) in [5.74, 6) is 0.921. The van der Waals surface area contributed by atoms with Gasteiger partial charge in [-0.2, -0.15) is 0 Å². The van der Waals surface area contributed by atoms with E-state index in [0.717, 1.165) is 5.57 Å². The van der Waals surface area contributed by atoms with Gasteiger partial charge in [0.15, 0.2) is 11.5 Å². The van der Waals surface area contributed by atoms with Crippen LogP contribution in [0.25, 0.3) is 0 Å². The Labute approximate surface area is 142 Å². The van der Waals surface area contributed by atoms with Gasteiger partial charge in [0.1, 0.15) is 6.23 Å². The molecule has 6 nitrogen and oxygen atoms in total. The summed E-state index contributed by atoms with van der Waals surface area (Å²) in [6.07, 6.45) is -0.189. The third kappa shape index (κ3) is 2.41. The van der Waals surface area contributed by atoms with E-state index < -0.39 is 6.23 Å². The highest BCUT2D eigenvalue weighted by molar-refractivity contribution is 6.02. The highest BCUT2D eigenvalue weighted by Crippen LogP contribution is 2.41. The summed E-state index contributed by atoms with van der Waals surface area (Å²) < 4.78 is 10.7. The number of aliphatic hydroxyl groups excluding tert-OH is 1. The maximum absolute atomic E-state index is 13.1. The Morgan fingerprint density at radius 1 is 1.25 bits per heavy atom. The standard InChI is InChI=1S/C18H24N2O4/c1-10(2)20-13-8-16(24-5)15(23-4)7-12(13)17(21)19-9-11(3)6-14(19)18(20)22/h7-8,10,14,18,22H,3,6,9H2,1-2,4-5H3. The molecule has 1 aromatic carbocycles. The second-order valence-electron chi connectivity index (χ2n) is 6.59. The first-order valence-corrected chi connectivity index (χ1v) is 8.09. The molecule has 0 aliphatic carbocycles. The lowest BCUT2D eigenvalue weighted by atomic mass is 10.1. The average molecular weight is 332 g/mol. The molecule has 0 aromatic heterocycles. The van der Waals surface area contributed by atoms with E-state index in [1.54, 1.807) is 31.3 Å². The van der Waals surface area contributed by atoms with Gasteiger partial charge in [-0.25, -0.2) is 0 Å². The second kappa shape index (κ2) is 6.02. The molecule has 2 aliphatic rings. The maximum Gasteiger partial charge on any atom is 0.256 e. The van der Waals surface area contributed by atoms with Crippen LogP contribution >= 0.6 is 0 Å². The van der Waals surface area contributed by atoms with Gasteiger partial charge in [-0.05, 0) is 26.3 Å². The number of rotatable bonds is 3. The summed E-state index contributed by atoms with van der Waals surface area (Å²) in [6.45, 7) is 8.46. The van der Waals surface area contributed by atoms with Gasteiger partial charge in [0.25, 0.3) is 5.91 Å². The van der Waals surface area contributed by atoms with E-state index in [1.807, 2.05) is 18.7 Å². The second-order valence-corrected chi connectivity index (χ2v) is 6.59. The molecule has 2 unspecified atom stereocenters. The zero-order valence-electron chi connectivity index (χ0n) is 14.6. The molecule has 0 spiro atoms. The first-order valence-electron chi connectivity index (χ1n) is 8.09. The summed E-state index contributed by atoms with van der Waals surface area (Å²) in [6, 6.07) is 3.18. The fourth-order valence-electron chi connectivity index (χ4n) is 3.64. The largest absolute Gasteiger partial charge is 0.493 e. The fraction of sp³-hybridized carbons (Fsp3) is 0.500. The van der Waals surface area contributed by atoms with Crippen LogP contribution in [0, 0.1) is 0 Å². The summed E-state index contributed by atoms with van der Waals surface area (Å²) in [4.78, 5) is 16.7. The number of ether oxygens (including phenoxy) is 2. The molecular weight excluding hydrogens is 308 g/mol. The SMILES string of the molecule is C=C1CC2C(O)N(C(C)C)c3cc(OC)c(OC)cc3C(=O)N2C1. The smallest absolute Gasteiger partial charge is 0.256 e. The van der Waals surface area contributed by atoms with Crippen LogP contribution in [0.5, 0.6) is 11.5 Å². The van der Waals surface area contributed by atoms with Gasteiger partial charge in [0.2, 0.25) is 0 Å². The monoisotopic (exact) mass is 332 g/mol. The van der Waals surface area contributed by atoms with Crippen LogP contribution in [0.15, 0.2) is 24.3 Å². The predicted octanol–water partition coefficient (Wildman–Crippen LogP) is 2.02. The Kier molecular flexibility index (Phi) is 4.17. The Morgan fingerprint density at radius 3 is 2.46 bits per heavy atom. The maximum atomic E-state index is 13.1. The number of aliphatic hydroxyl groups is 1. The highest BCUT2D eigenvalue weighted by atomic mass is 16.5. The van der Waals surface area contributed by atoms with Crippen LogP contribution < -0.4 is 14.4 Å². The van der Waals surface area contributed by atoms with E-state index in [-0.39, 0.29) is 18.0 Å². The Balaban J connectivity index is 2.22. The van der Waals surface area contributed by atoms with E-state index in [1.165, 1.54) is 0 Å². The number of hydrogen-bond donors (Lipinski definition) is 1. The van der Waals surface area contributed by atoms with Crippen molar-refractivity contribution in [2.45, 2.75) is 38.6 Å². The summed E-state index contributed by atoms with van der Waals surface area (Å²) in [5.41, 5.74) is 2.14. The number of methoxy groups -OCH3 is 2. The van der Waals surface area contributed by atoms with E-state index in [0.29, 0.717) is 35.7 Å². The predicted molar refractivity (Wildman–Crippen MR) is 91.7 cm³/mol. The zero-order chi connectivity index (χ0) is 17.6. The van der Waals surface area contributed by atoms with Crippen LogP contribution in [-0.2, 0) is 0 Å². The summed E-state index contributed by atoms with van der Waals surface area (Å²) in [5, 5.41) is 11.0. The van der Waals surface area contributed by atoms with Gasteiger partial charge in [-0.15, -0.1) is 0 Å². The molecule has 1 saturated heterocycles. The highest BCUT2D eigenvalue weighted by Gasteiger charge is 2.44. The Bertz CT molecular complexity index is 686. The molecule has 1 fully saturated rings. The normalized spacial score (nSPS) is 23.2. The molecular formula is C18H24N2O4. The van der Waals surface area contributed by atoms with Crippen molar-refractivity contribution in [1.82, 2.24) is 4.90 Å². The first-order chi connectivity index (χ1) is 11.4. The molecule has 2 atom stereocenters. The third-order valence-electron chi connectivity index (χ3n) is 4.75. The van der Waals surface area contributed by atoms with Crippen LogP contribution in [0.4, 0.5) is 5.69 Å². The van der Waals surface area contributed by atoms with Crippen molar-refractivity contribution >= 4 is 11.6 Å². The fourth-order valence-corrected chi connectivity index (χ4v) is 3.64. The molecule has 6 heteroatoms. The molecule has 0 bridgehead atoms. The van der Waals surface area contributed by atoms with Crippen molar-refractivity contribution in [3.05, 3.63) is 29.8 Å². The van der Waals surface area contributed by atoms with Crippen LogP contribution in [0.3, 0.4) is 0 Å². The van der Waals surface area contributed by atoms with Gasteiger partial charge in [-0.3, -0.25) is 4.79 Å². The number of anilines is 1. The third-order valence-corrected chi connectivity index (χ3v) is 4.75. The van der Waals surface area contributed by atoms with E-state index in [4.69, 9.17) is 9.47 Å². The molecule has 2 heterocycles. The van der Waals surface area contributed by atoms with Crippen molar-refractivity contribution in [1.29, 1.82) is 0 Å². The zero-order valence-corrected chi connectivity index (χ0v) is 14.6. The lowest BCUT2D eigenvalue weighted by molar-refractivity contribution is 0.0497. The minimum Gasteiger partial charge on any atom is -0.493 e. The number of carbonyl (C=O) groups excluding carboxylic acids is 1.